The third-order valence-corrected chi connectivity index (χ3v) is 5.99. The number of hydrogen-bond acceptors (Lipinski definition) is 4. The number of hydrogen-bond donors (Lipinski definition) is 0. The SMILES string of the molecule is CCC1(CCC(=O)OC)CCN2CCC3=c4ccccc4=NC3=C21. The zero-order chi connectivity index (χ0) is 16.7. The van der Waals surface area contributed by atoms with Crippen molar-refractivity contribution >= 4 is 11.5 Å². The molecule has 0 aromatic heterocycles. The van der Waals surface area contributed by atoms with Crippen LogP contribution in [0.1, 0.15) is 39.0 Å². The molecule has 0 saturated carbocycles. The number of ether oxygens (including phenoxy) is 1. The van der Waals surface area contributed by atoms with Crippen molar-refractivity contribution in [2.75, 3.05) is 20.2 Å². The highest BCUT2D eigenvalue weighted by Crippen LogP contribution is 2.51. The molecule has 3 aliphatic heterocycles. The summed E-state index contributed by atoms with van der Waals surface area (Å²) in [5.74, 6) is -0.112. The van der Waals surface area contributed by atoms with Crippen molar-refractivity contribution in [2.45, 2.75) is 39.0 Å². The van der Waals surface area contributed by atoms with Crippen LogP contribution in [0.15, 0.2) is 40.7 Å². The first-order valence-electron chi connectivity index (χ1n) is 8.92. The number of nitrogens with zero attached hydrogens (tertiary/aromatic N) is 2. The van der Waals surface area contributed by atoms with Gasteiger partial charge in [-0.2, -0.15) is 0 Å². The van der Waals surface area contributed by atoms with Gasteiger partial charge in [-0.3, -0.25) is 4.79 Å². The Hall–Kier alpha value is -2.10. The Morgan fingerprint density at radius 1 is 1.33 bits per heavy atom. The molecular formula is C20H24N2O2. The van der Waals surface area contributed by atoms with Crippen LogP contribution in [0, 0.1) is 5.41 Å². The third-order valence-electron chi connectivity index (χ3n) is 5.99. The van der Waals surface area contributed by atoms with Crippen molar-refractivity contribution < 1.29 is 9.53 Å². The molecule has 1 fully saturated rings. The molecule has 126 valence electrons. The van der Waals surface area contributed by atoms with Crippen LogP contribution in [0.4, 0.5) is 0 Å². The average molecular weight is 324 g/mol. The normalized spacial score (nSPS) is 24.4. The van der Waals surface area contributed by atoms with E-state index in [9.17, 15) is 4.79 Å². The maximum absolute atomic E-state index is 11.7. The van der Waals surface area contributed by atoms with E-state index in [4.69, 9.17) is 9.73 Å². The third kappa shape index (κ3) is 2.20. The van der Waals surface area contributed by atoms with Gasteiger partial charge in [-0.1, -0.05) is 25.1 Å². The van der Waals surface area contributed by atoms with Crippen LogP contribution in [0.25, 0.3) is 5.57 Å². The minimum absolute atomic E-state index is 0.0563. The summed E-state index contributed by atoms with van der Waals surface area (Å²) in [6.07, 6.45) is 4.55. The number of carbonyl (C=O) groups excluding carboxylic acids is 1. The summed E-state index contributed by atoms with van der Waals surface area (Å²) in [5.41, 5.74) is 4.02. The first kappa shape index (κ1) is 15.4. The van der Waals surface area contributed by atoms with Crippen LogP contribution in [0.3, 0.4) is 0 Å². The second-order valence-corrected chi connectivity index (χ2v) is 7.00. The summed E-state index contributed by atoms with van der Waals surface area (Å²) in [6.45, 7) is 4.38. The van der Waals surface area contributed by atoms with Gasteiger partial charge in [0.1, 0.15) is 0 Å². The Labute approximate surface area is 142 Å². The fourth-order valence-corrected chi connectivity index (χ4v) is 4.58. The number of fused-ring (bicyclic) bond motifs is 3. The first-order chi connectivity index (χ1) is 11.7. The molecule has 1 saturated heterocycles. The van der Waals surface area contributed by atoms with E-state index >= 15 is 0 Å². The molecular weight excluding hydrogens is 300 g/mol. The molecule has 0 bridgehead atoms. The topological polar surface area (TPSA) is 41.9 Å². The predicted octanol–water partition coefficient (Wildman–Crippen LogP) is 2.14. The predicted molar refractivity (Wildman–Crippen MR) is 92.4 cm³/mol. The number of para-hydroxylation sites is 1. The molecule has 0 amide bonds. The van der Waals surface area contributed by atoms with Crippen molar-refractivity contribution in [3.63, 3.8) is 0 Å². The molecule has 4 heteroatoms. The van der Waals surface area contributed by atoms with Crippen LogP contribution in [-0.2, 0) is 9.53 Å². The van der Waals surface area contributed by atoms with Gasteiger partial charge in [0, 0.05) is 35.8 Å². The standard InChI is InChI=1S/C20H24N2O2/c1-3-20(10-8-17(23)24-2)11-13-22-12-9-15-14-6-4-5-7-16(14)21-18(15)19(20)22/h4-7H,3,8-13H2,1-2H3. The Morgan fingerprint density at radius 2 is 2.17 bits per heavy atom. The molecule has 0 aliphatic carbocycles. The summed E-state index contributed by atoms with van der Waals surface area (Å²) >= 11 is 0. The van der Waals surface area contributed by atoms with Gasteiger partial charge in [-0.15, -0.1) is 0 Å². The van der Waals surface area contributed by atoms with Crippen molar-refractivity contribution in [2.24, 2.45) is 10.4 Å². The Morgan fingerprint density at radius 3 is 2.96 bits per heavy atom. The van der Waals surface area contributed by atoms with Crippen LogP contribution >= 0.6 is 0 Å². The molecule has 24 heavy (non-hydrogen) atoms. The van der Waals surface area contributed by atoms with E-state index in [0.29, 0.717) is 6.42 Å². The Kier molecular flexibility index (Phi) is 3.70. The quantitative estimate of drug-likeness (QED) is 0.797. The zero-order valence-electron chi connectivity index (χ0n) is 14.5. The summed E-state index contributed by atoms with van der Waals surface area (Å²) in [6, 6.07) is 8.45. The van der Waals surface area contributed by atoms with Gasteiger partial charge in [-0.05, 0) is 37.3 Å². The lowest BCUT2D eigenvalue weighted by molar-refractivity contribution is -0.141. The molecule has 4 nitrogen and oxygen atoms in total. The number of benzene rings is 1. The monoisotopic (exact) mass is 324 g/mol. The molecule has 3 aliphatic rings. The number of rotatable bonds is 4. The van der Waals surface area contributed by atoms with Crippen LogP contribution < -0.4 is 10.6 Å². The lowest BCUT2D eigenvalue weighted by Crippen LogP contribution is -2.32. The maximum atomic E-state index is 11.7. The summed E-state index contributed by atoms with van der Waals surface area (Å²) in [5, 5.41) is 2.39. The van der Waals surface area contributed by atoms with Crippen molar-refractivity contribution in [1.29, 1.82) is 0 Å². The molecule has 1 aromatic carbocycles. The van der Waals surface area contributed by atoms with Gasteiger partial charge >= 0.3 is 5.97 Å². The van der Waals surface area contributed by atoms with Gasteiger partial charge in [-0.25, -0.2) is 4.99 Å². The lowest BCUT2D eigenvalue weighted by Gasteiger charge is -2.36. The van der Waals surface area contributed by atoms with Crippen molar-refractivity contribution in [3.05, 3.63) is 46.2 Å². The average Bonchev–Trinajstić information content (AvgIpc) is 3.18. The fraction of sp³-hybridized carbons (Fsp3) is 0.500. The van der Waals surface area contributed by atoms with Gasteiger partial charge in [0.2, 0.25) is 0 Å². The van der Waals surface area contributed by atoms with Crippen LogP contribution in [0.2, 0.25) is 0 Å². The van der Waals surface area contributed by atoms with Gasteiger partial charge < -0.3 is 9.64 Å². The van der Waals surface area contributed by atoms with E-state index in [1.165, 1.54) is 29.3 Å². The Bertz CT molecular complexity index is 839. The largest absolute Gasteiger partial charge is 0.469 e. The van der Waals surface area contributed by atoms with E-state index < -0.39 is 0 Å². The highest BCUT2D eigenvalue weighted by atomic mass is 16.5. The van der Waals surface area contributed by atoms with Crippen LogP contribution in [-0.4, -0.2) is 31.1 Å². The van der Waals surface area contributed by atoms with E-state index in [-0.39, 0.29) is 11.4 Å². The van der Waals surface area contributed by atoms with E-state index in [0.717, 1.165) is 44.1 Å². The Balaban J connectivity index is 1.82. The summed E-state index contributed by atoms with van der Waals surface area (Å²) in [4.78, 5) is 19.2. The number of allylic oxidation sites excluding steroid dienone is 2. The molecule has 1 atom stereocenters. The number of methoxy groups -OCH3 is 1. The molecule has 0 N–H and O–H groups in total. The van der Waals surface area contributed by atoms with Crippen molar-refractivity contribution in [3.8, 4) is 0 Å². The smallest absolute Gasteiger partial charge is 0.305 e. The van der Waals surface area contributed by atoms with Crippen LogP contribution in [0.5, 0.6) is 0 Å². The van der Waals surface area contributed by atoms with Gasteiger partial charge in [0.25, 0.3) is 0 Å². The summed E-state index contributed by atoms with van der Waals surface area (Å²) in [7, 11) is 1.47. The van der Waals surface area contributed by atoms with Crippen molar-refractivity contribution in [1.82, 2.24) is 4.90 Å². The van der Waals surface area contributed by atoms with Gasteiger partial charge in [0.05, 0.1) is 18.2 Å². The summed E-state index contributed by atoms with van der Waals surface area (Å²) < 4.78 is 4.88. The highest BCUT2D eigenvalue weighted by molar-refractivity contribution is 5.71. The maximum Gasteiger partial charge on any atom is 0.305 e. The van der Waals surface area contributed by atoms with E-state index in [1.807, 2.05) is 0 Å². The number of esters is 1. The number of carbonyl (C=O) groups is 1. The molecule has 0 radical (unpaired) electrons. The first-order valence-corrected chi connectivity index (χ1v) is 8.92. The molecule has 1 aromatic rings. The van der Waals surface area contributed by atoms with E-state index in [1.54, 1.807) is 0 Å². The minimum atomic E-state index is -0.112. The van der Waals surface area contributed by atoms with Gasteiger partial charge in [0.15, 0.2) is 0 Å². The second-order valence-electron chi connectivity index (χ2n) is 7.00. The molecule has 1 unspecified atom stereocenters. The minimum Gasteiger partial charge on any atom is -0.469 e. The fourth-order valence-electron chi connectivity index (χ4n) is 4.58. The second kappa shape index (κ2) is 5.76. The lowest BCUT2D eigenvalue weighted by atomic mass is 9.75. The molecule has 4 rings (SSSR count). The zero-order valence-corrected chi connectivity index (χ0v) is 14.5. The highest BCUT2D eigenvalue weighted by Gasteiger charge is 2.45. The molecule has 3 heterocycles. The molecule has 0 spiro atoms. The van der Waals surface area contributed by atoms with E-state index in [2.05, 4.69) is 36.1 Å².